The Balaban J connectivity index is 2.75. The second kappa shape index (κ2) is 5.99. The summed E-state index contributed by atoms with van der Waals surface area (Å²) in [5.41, 5.74) is -0.202. The lowest BCUT2D eigenvalue weighted by molar-refractivity contribution is -0.145. The predicted molar refractivity (Wildman–Crippen MR) is 70.0 cm³/mol. The summed E-state index contributed by atoms with van der Waals surface area (Å²) >= 11 is 0. The van der Waals surface area contributed by atoms with Gasteiger partial charge in [0.2, 0.25) is 6.41 Å². The van der Waals surface area contributed by atoms with E-state index in [1.54, 1.807) is 0 Å². The van der Waals surface area contributed by atoms with Crippen LogP contribution in [-0.4, -0.2) is 24.2 Å². The number of carbonyl (C=O) groups excluding carboxylic acids is 3. The van der Waals surface area contributed by atoms with E-state index in [0.717, 1.165) is 0 Å². The van der Waals surface area contributed by atoms with E-state index in [-0.39, 0.29) is 17.1 Å². The minimum Gasteiger partial charge on any atom is -0.429 e. The molecule has 19 heavy (non-hydrogen) atoms. The molecule has 0 saturated heterocycles. The number of amides is 1. The molecule has 0 fully saturated rings. The topological polar surface area (TPSA) is 72.5 Å². The van der Waals surface area contributed by atoms with Crippen LogP contribution >= 0.6 is 0 Å². The number of hydrogen-bond donors (Lipinski definition) is 1. The maximum Gasteiger partial charge on any atom is 0.333 e. The molecule has 1 rings (SSSR count). The number of ether oxygens (including phenoxy) is 1. The van der Waals surface area contributed by atoms with E-state index in [1.807, 2.05) is 27.7 Å². The van der Waals surface area contributed by atoms with Crippen LogP contribution in [0.25, 0.3) is 0 Å². The van der Waals surface area contributed by atoms with Crippen LogP contribution < -0.4 is 5.32 Å². The minimum atomic E-state index is -0.696. The molecule has 0 bridgehead atoms. The van der Waals surface area contributed by atoms with Gasteiger partial charge >= 0.3 is 5.97 Å². The van der Waals surface area contributed by atoms with Crippen molar-refractivity contribution in [1.29, 1.82) is 0 Å². The van der Waals surface area contributed by atoms with Crippen LogP contribution in [0.15, 0.2) is 11.8 Å². The molecule has 0 saturated carbocycles. The Morgan fingerprint density at radius 1 is 1.42 bits per heavy atom. The summed E-state index contributed by atoms with van der Waals surface area (Å²) in [5.74, 6) is -0.266. The van der Waals surface area contributed by atoms with E-state index in [2.05, 4.69) is 5.32 Å². The quantitative estimate of drug-likeness (QED) is 0.606. The molecule has 0 spiro atoms. The molecule has 0 aliphatic heterocycles. The predicted octanol–water partition coefficient (Wildman–Crippen LogP) is 1.57. The second-order valence-electron chi connectivity index (χ2n) is 6.02. The van der Waals surface area contributed by atoms with Gasteiger partial charge in [-0.15, -0.1) is 0 Å². The highest BCUT2D eigenvalue weighted by Gasteiger charge is 2.31. The summed E-state index contributed by atoms with van der Waals surface area (Å²) in [6.45, 7) is 7.53. The van der Waals surface area contributed by atoms with Crippen molar-refractivity contribution in [2.24, 2.45) is 11.3 Å². The Morgan fingerprint density at radius 2 is 2.05 bits per heavy atom. The summed E-state index contributed by atoms with van der Waals surface area (Å²) in [4.78, 5) is 34.0. The maximum absolute atomic E-state index is 12.0. The fraction of sp³-hybridized carbons (Fsp3) is 0.643. The molecule has 0 aromatic heterocycles. The zero-order valence-corrected chi connectivity index (χ0v) is 11.9. The van der Waals surface area contributed by atoms with Crippen molar-refractivity contribution in [3.63, 3.8) is 0 Å². The number of ketones is 1. The van der Waals surface area contributed by atoms with Gasteiger partial charge in [-0.25, -0.2) is 4.79 Å². The summed E-state index contributed by atoms with van der Waals surface area (Å²) in [5, 5.41) is 2.44. The summed E-state index contributed by atoms with van der Waals surface area (Å²) in [7, 11) is 0. The highest BCUT2D eigenvalue weighted by atomic mass is 16.5. The average Bonchev–Trinajstić information content (AvgIpc) is 2.21. The van der Waals surface area contributed by atoms with Gasteiger partial charge in [0.15, 0.2) is 5.78 Å². The highest BCUT2D eigenvalue weighted by molar-refractivity contribution is 5.92. The number of nitrogens with one attached hydrogen (secondary N) is 1. The zero-order valence-electron chi connectivity index (χ0n) is 11.9. The van der Waals surface area contributed by atoms with Crippen molar-refractivity contribution in [2.45, 2.75) is 46.6 Å². The van der Waals surface area contributed by atoms with Gasteiger partial charge in [-0.1, -0.05) is 27.7 Å². The SMILES string of the molecule is CC(C)[C@H](NC=O)C(=O)OC1=CC(=O)CC(C)(C)C1. The molecule has 1 aliphatic rings. The Kier molecular flexibility index (Phi) is 4.86. The van der Waals surface area contributed by atoms with Crippen molar-refractivity contribution >= 4 is 18.2 Å². The van der Waals surface area contributed by atoms with E-state index in [4.69, 9.17) is 4.74 Å². The first-order chi connectivity index (χ1) is 8.75. The molecule has 0 unspecified atom stereocenters. The third-order valence-electron chi connectivity index (χ3n) is 3.03. The fourth-order valence-corrected chi connectivity index (χ4v) is 2.15. The molecule has 5 heteroatoms. The van der Waals surface area contributed by atoms with Crippen LogP contribution in [0.3, 0.4) is 0 Å². The lowest BCUT2D eigenvalue weighted by atomic mass is 9.79. The van der Waals surface area contributed by atoms with Crippen molar-refractivity contribution < 1.29 is 19.1 Å². The van der Waals surface area contributed by atoms with Crippen LogP contribution in [0.2, 0.25) is 0 Å². The zero-order chi connectivity index (χ0) is 14.6. The van der Waals surface area contributed by atoms with Gasteiger partial charge in [-0.05, 0) is 11.3 Å². The number of allylic oxidation sites excluding steroid dienone is 2. The van der Waals surface area contributed by atoms with Gasteiger partial charge in [0.1, 0.15) is 11.8 Å². The fourth-order valence-electron chi connectivity index (χ4n) is 2.15. The smallest absolute Gasteiger partial charge is 0.333 e. The first-order valence-electron chi connectivity index (χ1n) is 6.40. The van der Waals surface area contributed by atoms with Crippen LogP contribution in [0, 0.1) is 11.3 Å². The first-order valence-corrected chi connectivity index (χ1v) is 6.40. The Morgan fingerprint density at radius 3 is 2.53 bits per heavy atom. The van der Waals surface area contributed by atoms with E-state index < -0.39 is 12.0 Å². The van der Waals surface area contributed by atoms with E-state index in [0.29, 0.717) is 25.0 Å². The van der Waals surface area contributed by atoms with Crippen molar-refractivity contribution in [3.05, 3.63) is 11.8 Å². The maximum atomic E-state index is 12.0. The molecule has 1 amide bonds. The Labute approximate surface area is 113 Å². The Hall–Kier alpha value is -1.65. The molecule has 1 atom stereocenters. The lowest BCUT2D eigenvalue weighted by Gasteiger charge is -2.29. The molecule has 0 aromatic carbocycles. The third kappa shape index (κ3) is 4.50. The summed E-state index contributed by atoms with van der Waals surface area (Å²) in [6.07, 6.45) is 2.85. The van der Waals surface area contributed by atoms with Crippen LogP contribution in [0.1, 0.15) is 40.5 Å². The third-order valence-corrected chi connectivity index (χ3v) is 3.03. The van der Waals surface area contributed by atoms with Gasteiger partial charge in [-0.2, -0.15) is 0 Å². The average molecular weight is 267 g/mol. The van der Waals surface area contributed by atoms with E-state index >= 15 is 0 Å². The molecule has 1 aliphatic carbocycles. The normalized spacial score (nSPS) is 19.6. The summed E-state index contributed by atoms with van der Waals surface area (Å²) in [6, 6.07) is -0.696. The number of esters is 1. The van der Waals surface area contributed by atoms with Gasteiger partial charge in [0.05, 0.1) is 0 Å². The second-order valence-corrected chi connectivity index (χ2v) is 6.02. The van der Waals surface area contributed by atoms with Crippen LogP contribution in [0.4, 0.5) is 0 Å². The van der Waals surface area contributed by atoms with Gasteiger partial charge < -0.3 is 10.1 Å². The minimum absolute atomic E-state index is 0.0384. The monoisotopic (exact) mass is 267 g/mol. The number of rotatable bonds is 5. The van der Waals surface area contributed by atoms with E-state index in [1.165, 1.54) is 6.08 Å². The molecule has 0 aromatic rings. The molecular weight excluding hydrogens is 246 g/mol. The molecule has 0 radical (unpaired) electrons. The summed E-state index contributed by atoms with van der Waals surface area (Å²) < 4.78 is 5.25. The first kappa shape index (κ1) is 15.4. The molecule has 5 nitrogen and oxygen atoms in total. The molecule has 1 N–H and O–H groups in total. The molecule has 0 heterocycles. The Bertz CT molecular complexity index is 410. The molecule has 106 valence electrons. The molecular formula is C14H21NO4. The van der Waals surface area contributed by atoms with Crippen molar-refractivity contribution in [1.82, 2.24) is 5.32 Å². The standard InChI is InChI=1S/C14H21NO4/c1-9(2)12(15-8-16)13(18)19-11-5-10(17)6-14(3,4)7-11/h5,8-9,12H,6-7H2,1-4H3,(H,15,16)/t12-/m0/s1. The lowest BCUT2D eigenvalue weighted by Crippen LogP contribution is -2.41. The van der Waals surface area contributed by atoms with Crippen LogP contribution in [-0.2, 0) is 19.1 Å². The highest BCUT2D eigenvalue weighted by Crippen LogP contribution is 2.34. The van der Waals surface area contributed by atoms with E-state index in [9.17, 15) is 14.4 Å². The van der Waals surface area contributed by atoms with Crippen molar-refractivity contribution in [2.75, 3.05) is 0 Å². The largest absolute Gasteiger partial charge is 0.429 e. The van der Waals surface area contributed by atoms with Crippen LogP contribution in [0.5, 0.6) is 0 Å². The number of hydrogen-bond acceptors (Lipinski definition) is 4. The number of carbonyl (C=O) groups is 3. The van der Waals surface area contributed by atoms with Gasteiger partial charge in [0.25, 0.3) is 0 Å². The van der Waals surface area contributed by atoms with Crippen molar-refractivity contribution in [3.8, 4) is 0 Å². The van der Waals surface area contributed by atoms with Gasteiger partial charge in [-0.3, -0.25) is 9.59 Å². The van der Waals surface area contributed by atoms with Gasteiger partial charge in [0, 0.05) is 18.9 Å².